The van der Waals surface area contributed by atoms with Gasteiger partial charge in [0.15, 0.2) is 0 Å². The molecular formula is C20H27N3O4S. The minimum absolute atomic E-state index is 0.170. The van der Waals surface area contributed by atoms with E-state index in [1.807, 2.05) is 24.9 Å². The van der Waals surface area contributed by atoms with Crippen LogP contribution >= 0.6 is 0 Å². The van der Waals surface area contributed by atoms with Crippen LogP contribution in [0.5, 0.6) is 0 Å². The number of hydrogen-bond acceptors (Lipinski definition) is 5. The van der Waals surface area contributed by atoms with E-state index in [0.717, 1.165) is 30.6 Å². The molecule has 1 saturated heterocycles. The molecule has 0 unspecified atom stereocenters. The van der Waals surface area contributed by atoms with Gasteiger partial charge >= 0.3 is 0 Å². The quantitative estimate of drug-likeness (QED) is 0.766. The van der Waals surface area contributed by atoms with E-state index in [4.69, 9.17) is 4.42 Å². The number of carbonyl (C=O) groups excluding carboxylic acids is 1. The second kappa shape index (κ2) is 8.89. The fourth-order valence-electron chi connectivity index (χ4n) is 3.31. The van der Waals surface area contributed by atoms with Crippen molar-refractivity contribution in [1.29, 1.82) is 0 Å². The minimum atomic E-state index is -3.54. The van der Waals surface area contributed by atoms with Gasteiger partial charge in [-0.05, 0) is 56.6 Å². The molecule has 1 aromatic heterocycles. The number of amides is 1. The van der Waals surface area contributed by atoms with Crippen molar-refractivity contribution in [3.63, 3.8) is 0 Å². The van der Waals surface area contributed by atoms with Crippen LogP contribution in [0.4, 0.5) is 5.69 Å². The van der Waals surface area contributed by atoms with Gasteiger partial charge in [-0.25, -0.2) is 8.42 Å². The fourth-order valence-corrected chi connectivity index (χ4v) is 4.85. The number of likely N-dealkylation sites (N-methyl/N-ethyl adjacent to an activating group) is 1. The lowest BCUT2D eigenvalue weighted by molar-refractivity contribution is -0.117. The topological polar surface area (TPSA) is 82.9 Å². The summed E-state index contributed by atoms with van der Waals surface area (Å²) in [5.41, 5.74) is 1.34. The van der Waals surface area contributed by atoms with E-state index < -0.39 is 10.0 Å². The Morgan fingerprint density at radius 3 is 2.64 bits per heavy atom. The Kier molecular flexibility index (Phi) is 6.53. The lowest BCUT2D eigenvalue weighted by Crippen LogP contribution is -2.35. The molecule has 8 heteroatoms. The molecule has 0 radical (unpaired) electrons. The summed E-state index contributed by atoms with van der Waals surface area (Å²) in [4.78, 5) is 14.5. The Morgan fingerprint density at radius 1 is 1.21 bits per heavy atom. The van der Waals surface area contributed by atoms with Crippen LogP contribution in [-0.2, 0) is 21.4 Å². The zero-order chi connectivity index (χ0) is 20.1. The van der Waals surface area contributed by atoms with Gasteiger partial charge < -0.3 is 9.73 Å². The highest BCUT2D eigenvalue weighted by Crippen LogP contribution is 2.25. The van der Waals surface area contributed by atoms with Gasteiger partial charge in [0.25, 0.3) is 0 Å². The molecule has 1 aliphatic heterocycles. The zero-order valence-electron chi connectivity index (χ0n) is 16.3. The van der Waals surface area contributed by atoms with Crippen LogP contribution in [0.2, 0.25) is 0 Å². The Labute approximate surface area is 166 Å². The number of nitrogens with zero attached hydrogens (tertiary/aromatic N) is 2. The molecule has 1 aliphatic rings. The number of benzene rings is 1. The maximum Gasteiger partial charge on any atom is 0.243 e. The van der Waals surface area contributed by atoms with Crippen molar-refractivity contribution in [3.05, 3.63) is 47.9 Å². The summed E-state index contributed by atoms with van der Waals surface area (Å²) in [6, 6.07) is 8.56. The van der Waals surface area contributed by atoms with Crippen LogP contribution in [0.25, 0.3) is 0 Å². The molecule has 2 aromatic rings. The molecule has 1 aromatic carbocycles. The van der Waals surface area contributed by atoms with E-state index in [2.05, 4.69) is 5.32 Å². The van der Waals surface area contributed by atoms with Gasteiger partial charge in [-0.3, -0.25) is 9.69 Å². The predicted molar refractivity (Wildman–Crippen MR) is 107 cm³/mol. The van der Waals surface area contributed by atoms with E-state index in [0.29, 0.717) is 25.3 Å². The summed E-state index contributed by atoms with van der Waals surface area (Å²) in [5, 5.41) is 2.84. The highest BCUT2D eigenvalue weighted by Gasteiger charge is 2.26. The zero-order valence-corrected chi connectivity index (χ0v) is 17.2. The van der Waals surface area contributed by atoms with Crippen LogP contribution in [0.1, 0.15) is 30.6 Å². The molecular weight excluding hydrogens is 378 g/mol. The number of sulfonamides is 1. The average molecular weight is 406 g/mol. The number of nitrogens with one attached hydrogen (secondary N) is 1. The second-order valence-electron chi connectivity index (χ2n) is 7.24. The lowest BCUT2D eigenvalue weighted by atomic mass is 10.2. The highest BCUT2D eigenvalue weighted by atomic mass is 32.2. The largest absolute Gasteiger partial charge is 0.468 e. The Hall–Kier alpha value is -2.16. The summed E-state index contributed by atoms with van der Waals surface area (Å²) in [7, 11) is -1.71. The third kappa shape index (κ3) is 5.01. The predicted octanol–water partition coefficient (Wildman–Crippen LogP) is 2.83. The van der Waals surface area contributed by atoms with Crippen molar-refractivity contribution in [2.45, 2.75) is 37.6 Å². The summed E-state index contributed by atoms with van der Waals surface area (Å²) < 4.78 is 32.6. The third-order valence-electron chi connectivity index (χ3n) is 4.86. The number of carbonyl (C=O) groups is 1. The standard InChI is InChI=1S/C20H27N3O4S/c1-16-8-9-18(28(25,26)23-10-4-3-5-11-23)13-19(16)21-20(24)15-22(2)14-17-7-6-12-27-17/h6-9,12-13H,3-5,10-11,14-15H2,1-2H3,(H,21,24). The fraction of sp³-hybridized carbons (Fsp3) is 0.450. The number of aryl methyl sites for hydroxylation is 1. The first-order valence-electron chi connectivity index (χ1n) is 9.48. The van der Waals surface area contributed by atoms with E-state index in [1.54, 1.807) is 30.5 Å². The number of piperidine rings is 1. The smallest absolute Gasteiger partial charge is 0.243 e. The molecule has 2 heterocycles. The SMILES string of the molecule is Cc1ccc(S(=O)(=O)N2CCCCC2)cc1NC(=O)CN(C)Cc1ccco1. The first-order valence-corrected chi connectivity index (χ1v) is 10.9. The number of hydrogen-bond donors (Lipinski definition) is 1. The Bertz CT molecular complexity index is 904. The average Bonchev–Trinajstić information content (AvgIpc) is 3.16. The van der Waals surface area contributed by atoms with E-state index in [9.17, 15) is 13.2 Å². The normalized spacial score (nSPS) is 15.7. The Morgan fingerprint density at radius 2 is 1.96 bits per heavy atom. The van der Waals surface area contributed by atoms with Gasteiger partial charge in [-0.2, -0.15) is 4.31 Å². The van der Waals surface area contributed by atoms with Crippen molar-refractivity contribution in [3.8, 4) is 0 Å². The van der Waals surface area contributed by atoms with Gasteiger partial charge in [0.1, 0.15) is 5.76 Å². The summed E-state index contributed by atoms with van der Waals surface area (Å²) in [6.07, 6.45) is 4.43. The maximum atomic E-state index is 12.9. The van der Waals surface area contributed by atoms with Gasteiger partial charge in [-0.15, -0.1) is 0 Å². The molecule has 3 rings (SSSR count). The third-order valence-corrected chi connectivity index (χ3v) is 6.75. The molecule has 1 fully saturated rings. The van der Waals surface area contributed by atoms with Crippen molar-refractivity contribution in [1.82, 2.24) is 9.21 Å². The van der Waals surface area contributed by atoms with Crippen molar-refractivity contribution < 1.29 is 17.6 Å². The first kappa shape index (κ1) is 20.6. The van der Waals surface area contributed by atoms with Crippen LogP contribution in [-0.4, -0.2) is 50.2 Å². The molecule has 1 amide bonds. The highest BCUT2D eigenvalue weighted by molar-refractivity contribution is 7.89. The number of anilines is 1. The van der Waals surface area contributed by atoms with Crippen molar-refractivity contribution >= 4 is 21.6 Å². The monoisotopic (exact) mass is 405 g/mol. The van der Waals surface area contributed by atoms with Crippen LogP contribution in [0.3, 0.4) is 0 Å². The Balaban J connectivity index is 1.68. The van der Waals surface area contributed by atoms with Crippen molar-refractivity contribution in [2.75, 3.05) is 32.0 Å². The molecule has 0 aliphatic carbocycles. The molecule has 1 N–H and O–H groups in total. The van der Waals surface area contributed by atoms with Gasteiger partial charge in [-0.1, -0.05) is 12.5 Å². The molecule has 0 spiro atoms. The number of furan rings is 1. The lowest BCUT2D eigenvalue weighted by Gasteiger charge is -2.26. The van der Waals surface area contributed by atoms with E-state index in [1.165, 1.54) is 4.31 Å². The van der Waals surface area contributed by atoms with Crippen LogP contribution < -0.4 is 5.32 Å². The van der Waals surface area contributed by atoms with Crippen LogP contribution in [0.15, 0.2) is 45.9 Å². The van der Waals surface area contributed by atoms with Gasteiger partial charge in [0, 0.05) is 18.8 Å². The molecule has 7 nitrogen and oxygen atoms in total. The van der Waals surface area contributed by atoms with Gasteiger partial charge in [0.05, 0.1) is 24.2 Å². The van der Waals surface area contributed by atoms with Crippen molar-refractivity contribution in [2.24, 2.45) is 0 Å². The molecule has 0 atom stereocenters. The summed E-state index contributed by atoms with van der Waals surface area (Å²) >= 11 is 0. The maximum absolute atomic E-state index is 12.9. The molecule has 0 bridgehead atoms. The summed E-state index contributed by atoms with van der Waals surface area (Å²) in [6.45, 7) is 3.64. The second-order valence-corrected chi connectivity index (χ2v) is 9.18. The number of rotatable bonds is 7. The molecule has 28 heavy (non-hydrogen) atoms. The van der Waals surface area contributed by atoms with E-state index >= 15 is 0 Å². The first-order chi connectivity index (χ1) is 13.4. The molecule has 152 valence electrons. The minimum Gasteiger partial charge on any atom is -0.468 e. The van der Waals surface area contributed by atoms with Crippen LogP contribution in [0, 0.1) is 6.92 Å². The molecule has 0 saturated carbocycles. The van der Waals surface area contributed by atoms with Gasteiger partial charge in [0.2, 0.25) is 15.9 Å². The summed E-state index contributed by atoms with van der Waals surface area (Å²) in [5.74, 6) is 0.575. The van der Waals surface area contributed by atoms with E-state index in [-0.39, 0.29) is 17.3 Å².